The number of hydrogen-bond donors (Lipinski definition) is 2. The number of carbonyl (C=O) groups excluding carboxylic acids is 1. The van der Waals surface area contributed by atoms with Crippen LogP contribution in [-0.2, 0) is 0 Å². The molecule has 0 saturated carbocycles. The van der Waals surface area contributed by atoms with E-state index in [2.05, 4.69) is 20.3 Å². The molecular formula is C23H14Cl2N4O2. The molecule has 0 saturated heterocycles. The van der Waals surface area contributed by atoms with E-state index >= 15 is 0 Å². The third-order valence-electron chi connectivity index (χ3n) is 4.80. The molecule has 3 aromatic carbocycles. The molecule has 5 rings (SSSR count). The Kier molecular flexibility index (Phi) is 4.94. The Morgan fingerprint density at radius 2 is 1.77 bits per heavy atom. The third-order valence-corrected chi connectivity index (χ3v) is 5.43. The minimum absolute atomic E-state index is 0.235. The van der Waals surface area contributed by atoms with Crippen molar-refractivity contribution >= 4 is 45.8 Å². The number of oxazole rings is 1. The predicted octanol–water partition coefficient (Wildman–Crippen LogP) is 6.44. The van der Waals surface area contributed by atoms with Crippen LogP contribution in [0.3, 0.4) is 0 Å². The normalized spacial score (nSPS) is 11.0. The lowest BCUT2D eigenvalue weighted by atomic mass is 10.1. The smallest absolute Gasteiger partial charge is 0.255 e. The second-order valence-electron chi connectivity index (χ2n) is 6.81. The summed E-state index contributed by atoms with van der Waals surface area (Å²) in [6, 6.07) is 17.9. The zero-order valence-electron chi connectivity index (χ0n) is 15.9. The van der Waals surface area contributed by atoms with Crippen LogP contribution in [0.2, 0.25) is 10.0 Å². The number of carbonyl (C=O) groups is 1. The van der Waals surface area contributed by atoms with Gasteiger partial charge in [0, 0.05) is 16.8 Å². The molecule has 0 atom stereocenters. The molecule has 2 heterocycles. The summed E-state index contributed by atoms with van der Waals surface area (Å²) in [5, 5.41) is 3.89. The van der Waals surface area contributed by atoms with Gasteiger partial charge in [-0.25, -0.2) is 9.97 Å². The molecule has 0 radical (unpaired) electrons. The lowest BCUT2D eigenvalue weighted by molar-refractivity contribution is 0.102. The summed E-state index contributed by atoms with van der Waals surface area (Å²) >= 11 is 12.6. The molecule has 5 aromatic rings. The highest BCUT2D eigenvalue weighted by atomic mass is 35.5. The van der Waals surface area contributed by atoms with E-state index in [1.807, 2.05) is 24.3 Å². The second kappa shape index (κ2) is 7.91. The zero-order valence-corrected chi connectivity index (χ0v) is 17.4. The predicted molar refractivity (Wildman–Crippen MR) is 121 cm³/mol. The van der Waals surface area contributed by atoms with Crippen molar-refractivity contribution in [1.82, 2.24) is 15.0 Å². The number of anilines is 1. The molecule has 1 amide bonds. The fraction of sp³-hybridized carbons (Fsp3) is 0. The van der Waals surface area contributed by atoms with Gasteiger partial charge in [0.05, 0.1) is 32.8 Å². The highest BCUT2D eigenvalue weighted by Crippen LogP contribution is 2.34. The van der Waals surface area contributed by atoms with Crippen LogP contribution in [0.4, 0.5) is 5.69 Å². The fourth-order valence-electron chi connectivity index (χ4n) is 3.27. The van der Waals surface area contributed by atoms with Crippen LogP contribution in [-0.4, -0.2) is 20.9 Å². The Balaban J connectivity index is 1.39. The van der Waals surface area contributed by atoms with Crippen molar-refractivity contribution in [3.8, 4) is 22.7 Å². The van der Waals surface area contributed by atoms with Gasteiger partial charge in [-0.1, -0.05) is 29.3 Å². The lowest BCUT2D eigenvalue weighted by Gasteiger charge is -2.06. The standard InChI is InChI=1S/C23H14Cl2N4O2/c24-16-2-1-3-17(25)21(16)22-28-18-9-6-14(10-19(18)29-22)23(30)27-15-7-4-13(5-8-15)20-11-26-12-31-20/h1-12H,(H,27,30)(H,28,29). The minimum atomic E-state index is -0.235. The number of fused-ring (bicyclic) bond motifs is 1. The number of aromatic amines is 1. The number of nitrogens with one attached hydrogen (secondary N) is 2. The quantitative estimate of drug-likeness (QED) is 0.331. The van der Waals surface area contributed by atoms with Crippen molar-refractivity contribution in [3.05, 3.63) is 88.9 Å². The third kappa shape index (κ3) is 3.79. The van der Waals surface area contributed by atoms with Gasteiger partial charge in [-0.15, -0.1) is 0 Å². The van der Waals surface area contributed by atoms with Crippen molar-refractivity contribution in [1.29, 1.82) is 0 Å². The van der Waals surface area contributed by atoms with Gasteiger partial charge in [-0.2, -0.15) is 0 Å². The molecule has 0 fully saturated rings. The van der Waals surface area contributed by atoms with E-state index in [1.165, 1.54) is 6.39 Å². The average molecular weight is 449 g/mol. The van der Waals surface area contributed by atoms with Gasteiger partial charge < -0.3 is 14.7 Å². The SMILES string of the molecule is O=C(Nc1ccc(-c2cnco2)cc1)c1ccc2nc(-c3c(Cl)cccc3Cl)[nH]c2c1. The number of hydrogen-bond acceptors (Lipinski definition) is 4. The van der Waals surface area contributed by atoms with Crippen LogP contribution in [0, 0.1) is 0 Å². The second-order valence-corrected chi connectivity index (χ2v) is 7.63. The molecule has 0 aliphatic rings. The van der Waals surface area contributed by atoms with E-state index in [-0.39, 0.29) is 5.91 Å². The first-order chi connectivity index (χ1) is 15.1. The number of H-pyrrole nitrogens is 1. The van der Waals surface area contributed by atoms with Gasteiger partial charge in [0.1, 0.15) is 5.82 Å². The summed E-state index contributed by atoms with van der Waals surface area (Å²) in [5.74, 6) is 0.976. The van der Waals surface area contributed by atoms with Crippen molar-refractivity contribution in [3.63, 3.8) is 0 Å². The van der Waals surface area contributed by atoms with Crippen LogP contribution in [0.5, 0.6) is 0 Å². The van der Waals surface area contributed by atoms with E-state index in [4.69, 9.17) is 27.6 Å². The van der Waals surface area contributed by atoms with Crippen LogP contribution >= 0.6 is 23.2 Å². The molecule has 0 aliphatic carbocycles. The van der Waals surface area contributed by atoms with Gasteiger partial charge in [0.2, 0.25) is 0 Å². The maximum absolute atomic E-state index is 12.7. The minimum Gasteiger partial charge on any atom is -0.444 e. The molecule has 31 heavy (non-hydrogen) atoms. The van der Waals surface area contributed by atoms with Crippen molar-refractivity contribution in [2.45, 2.75) is 0 Å². The number of benzene rings is 3. The van der Waals surface area contributed by atoms with Gasteiger partial charge in [-0.05, 0) is 54.6 Å². The fourth-order valence-corrected chi connectivity index (χ4v) is 3.85. The van der Waals surface area contributed by atoms with Crippen LogP contribution in [0.25, 0.3) is 33.7 Å². The van der Waals surface area contributed by atoms with Gasteiger partial charge in [0.15, 0.2) is 12.2 Å². The van der Waals surface area contributed by atoms with Crippen molar-refractivity contribution in [2.75, 3.05) is 5.32 Å². The van der Waals surface area contributed by atoms with Crippen LogP contribution in [0.1, 0.15) is 10.4 Å². The number of amides is 1. The number of rotatable bonds is 4. The van der Waals surface area contributed by atoms with E-state index in [9.17, 15) is 4.79 Å². The Morgan fingerprint density at radius 3 is 2.48 bits per heavy atom. The Morgan fingerprint density at radius 1 is 1.00 bits per heavy atom. The molecule has 0 aliphatic heterocycles. The molecule has 152 valence electrons. The van der Waals surface area contributed by atoms with E-state index < -0.39 is 0 Å². The first-order valence-electron chi connectivity index (χ1n) is 9.33. The summed E-state index contributed by atoms with van der Waals surface area (Å²) in [4.78, 5) is 24.4. The van der Waals surface area contributed by atoms with E-state index in [1.54, 1.807) is 42.6 Å². The lowest BCUT2D eigenvalue weighted by Crippen LogP contribution is -2.11. The van der Waals surface area contributed by atoms with Gasteiger partial charge in [0.25, 0.3) is 5.91 Å². The van der Waals surface area contributed by atoms with E-state index in [0.29, 0.717) is 49.5 Å². The first kappa shape index (κ1) is 19.4. The largest absolute Gasteiger partial charge is 0.444 e. The monoisotopic (exact) mass is 448 g/mol. The summed E-state index contributed by atoms with van der Waals surface area (Å²) in [5.41, 5.74) is 4.08. The molecule has 0 unspecified atom stereocenters. The Labute approximate surface area is 186 Å². The number of imidazole rings is 1. The van der Waals surface area contributed by atoms with Crippen LogP contribution in [0.15, 0.2) is 77.7 Å². The first-order valence-corrected chi connectivity index (χ1v) is 10.1. The summed E-state index contributed by atoms with van der Waals surface area (Å²) < 4.78 is 5.27. The highest BCUT2D eigenvalue weighted by molar-refractivity contribution is 6.39. The highest BCUT2D eigenvalue weighted by Gasteiger charge is 2.14. The summed E-state index contributed by atoms with van der Waals surface area (Å²) in [7, 11) is 0. The summed E-state index contributed by atoms with van der Waals surface area (Å²) in [6.07, 6.45) is 3.01. The molecular weight excluding hydrogens is 435 g/mol. The summed E-state index contributed by atoms with van der Waals surface area (Å²) in [6.45, 7) is 0. The van der Waals surface area contributed by atoms with Crippen LogP contribution < -0.4 is 5.32 Å². The molecule has 0 spiro atoms. The van der Waals surface area contributed by atoms with Gasteiger partial charge in [-0.3, -0.25) is 4.79 Å². The Hall–Kier alpha value is -3.61. The molecule has 2 N–H and O–H groups in total. The molecule has 0 bridgehead atoms. The molecule has 2 aromatic heterocycles. The van der Waals surface area contributed by atoms with Gasteiger partial charge >= 0.3 is 0 Å². The van der Waals surface area contributed by atoms with Crippen molar-refractivity contribution < 1.29 is 9.21 Å². The molecule has 8 heteroatoms. The van der Waals surface area contributed by atoms with E-state index in [0.717, 1.165) is 5.56 Å². The van der Waals surface area contributed by atoms with Crippen molar-refractivity contribution in [2.24, 2.45) is 0 Å². The maximum atomic E-state index is 12.7. The molecule has 6 nitrogen and oxygen atoms in total. The maximum Gasteiger partial charge on any atom is 0.255 e. The topological polar surface area (TPSA) is 83.8 Å². The number of nitrogens with zero attached hydrogens (tertiary/aromatic N) is 2. The zero-order chi connectivity index (χ0) is 21.4. The average Bonchev–Trinajstić information content (AvgIpc) is 3.44. The number of halogens is 2. The Bertz CT molecular complexity index is 1370. The number of aromatic nitrogens is 3.